The molecule has 0 saturated carbocycles. The van der Waals surface area contributed by atoms with Crippen molar-refractivity contribution in [3.05, 3.63) is 29.8 Å². The minimum atomic E-state index is 1.11. The summed E-state index contributed by atoms with van der Waals surface area (Å²) in [5.41, 5.74) is 2.53. The molecule has 0 bridgehead atoms. The maximum absolute atomic E-state index is 3.18. The van der Waals surface area contributed by atoms with E-state index in [2.05, 4.69) is 51.7 Å². The quantitative estimate of drug-likeness (QED) is 0.774. The summed E-state index contributed by atoms with van der Waals surface area (Å²) in [6.07, 6.45) is 3.73. The predicted octanol–water partition coefficient (Wildman–Crippen LogP) is 3.75. The predicted molar refractivity (Wildman–Crippen MR) is 57.6 cm³/mol. The first-order valence-electron chi connectivity index (χ1n) is 4.32. The highest BCUT2D eigenvalue weighted by molar-refractivity contribution is 9.10. The van der Waals surface area contributed by atoms with Gasteiger partial charge in [-0.3, -0.25) is 0 Å². The molecule has 0 unspecified atom stereocenters. The van der Waals surface area contributed by atoms with Gasteiger partial charge >= 0.3 is 0 Å². The van der Waals surface area contributed by atoms with Gasteiger partial charge in [-0.1, -0.05) is 25.5 Å². The Kier molecular flexibility index (Phi) is 4.15. The molecule has 0 aromatic heterocycles. The van der Waals surface area contributed by atoms with Gasteiger partial charge in [0, 0.05) is 21.8 Å². The second-order valence-electron chi connectivity index (χ2n) is 2.89. The molecule has 1 aromatic rings. The summed E-state index contributed by atoms with van der Waals surface area (Å²) >= 11 is 3.18. The van der Waals surface area contributed by atoms with Gasteiger partial charge in [0.05, 0.1) is 0 Å². The molecule has 0 amide bonds. The summed E-state index contributed by atoms with van der Waals surface area (Å²) in [7, 11) is 0. The zero-order valence-corrected chi connectivity index (χ0v) is 8.89. The highest BCUT2D eigenvalue weighted by Gasteiger charge is 1.92. The average molecular weight is 228 g/mol. The van der Waals surface area contributed by atoms with Crippen LogP contribution in [0.2, 0.25) is 0 Å². The van der Waals surface area contributed by atoms with Crippen LogP contribution >= 0.6 is 16.1 Å². The standard InChI is InChI=1S/C10H14BrN/c1-2-3-4-9-5-7-10(12-11)8-6-9/h5-8,12H,2-4H2,1H3. The molecule has 1 nitrogen and oxygen atoms in total. The van der Waals surface area contributed by atoms with Gasteiger partial charge in [-0.15, -0.1) is 0 Å². The van der Waals surface area contributed by atoms with Gasteiger partial charge in [0.2, 0.25) is 0 Å². The van der Waals surface area contributed by atoms with E-state index in [4.69, 9.17) is 0 Å². The van der Waals surface area contributed by atoms with Crippen molar-refractivity contribution in [1.29, 1.82) is 0 Å². The molecule has 1 rings (SSSR count). The highest BCUT2D eigenvalue weighted by Crippen LogP contribution is 2.12. The van der Waals surface area contributed by atoms with Crippen molar-refractivity contribution in [3.63, 3.8) is 0 Å². The van der Waals surface area contributed by atoms with Crippen LogP contribution in [0.25, 0.3) is 0 Å². The summed E-state index contributed by atoms with van der Waals surface area (Å²) in [4.78, 5) is 0. The van der Waals surface area contributed by atoms with Gasteiger partial charge in [-0.05, 0) is 30.5 Å². The van der Waals surface area contributed by atoms with E-state index in [1.165, 1.54) is 24.8 Å². The maximum Gasteiger partial charge on any atom is 0.0465 e. The van der Waals surface area contributed by atoms with Gasteiger partial charge < -0.3 is 4.34 Å². The zero-order chi connectivity index (χ0) is 8.81. The molecule has 0 heterocycles. The SMILES string of the molecule is CCCCc1ccc(NBr)cc1. The first-order valence-corrected chi connectivity index (χ1v) is 5.11. The van der Waals surface area contributed by atoms with Crippen LogP contribution < -0.4 is 4.34 Å². The van der Waals surface area contributed by atoms with Crippen LogP contribution in [0.5, 0.6) is 0 Å². The monoisotopic (exact) mass is 227 g/mol. The second kappa shape index (κ2) is 5.20. The Morgan fingerprint density at radius 1 is 1.25 bits per heavy atom. The molecular formula is C10H14BrN. The van der Waals surface area contributed by atoms with Crippen LogP contribution in [-0.4, -0.2) is 0 Å². The number of hydrogen-bond acceptors (Lipinski definition) is 1. The first-order chi connectivity index (χ1) is 5.86. The van der Waals surface area contributed by atoms with E-state index < -0.39 is 0 Å². The molecular weight excluding hydrogens is 214 g/mol. The topological polar surface area (TPSA) is 12.0 Å². The zero-order valence-electron chi connectivity index (χ0n) is 7.31. The van der Waals surface area contributed by atoms with Crippen molar-refractivity contribution >= 4 is 21.8 Å². The Bertz CT molecular complexity index is 218. The minimum Gasteiger partial charge on any atom is -0.322 e. The van der Waals surface area contributed by atoms with Crippen molar-refractivity contribution in [3.8, 4) is 0 Å². The molecule has 0 atom stereocenters. The van der Waals surface area contributed by atoms with Crippen molar-refractivity contribution in [2.75, 3.05) is 4.34 Å². The van der Waals surface area contributed by atoms with Crippen LogP contribution in [0.1, 0.15) is 25.3 Å². The van der Waals surface area contributed by atoms with Gasteiger partial charge in [0.15, 0.2) is 0 Å². The first kappa shape index (κ1) is 9.59. The number of rotatable bonds is 4. The normalized spacial score (nSPS) is 9.83. The molecule has 0 radical (unpaired) electrons. The molecule has 66 valence electrons. The Morgan fingerprint density at radius 3 is 2.42 bits per heavy atom. The van der Waals surface area contributed by atoms with E-state index in [0.717, 1.165) is 5.69 Å². The fourth-order valence-electron chi connectivity index (χ4n) is 1.12. The van der Waals surface area contributed by atoms with Gasteiger partial charge in [-0.2, -0.15) is 0 Å². The number of unbranched alkanes of at least 4 members (excludes halogenated alkanes) is 1. The maximum atomic E-state index is 3.18. The molecule has 2 heteroatoms. The van der Waals surface area contributed by atoms with Crippen LogP contribution in [0, 0.1) is 0 Å². The van der Waals surface area contributed by atoms with E-state index in [9.17, 15) is 0 Å². The lowest BCUT2D eigenvalue weighted by Gasteiger charge is -2.01. The Balaban J connectivity index is 2.53. The summed E-state index contributed by atoms with van der Waals surface area (Å²) in [5.74, 6) is 0. The number of benzene rings is 1. The van der Waals surface area contributed by atoms with Crippen molar-refractivity contribution in [2.24, 2.45) is 0 Å². The fourth-order valence-corrected chi connectivity index (χ4v) is 1.38. The fraction of sp³-hybridized carbons (Fsp3) is 0.400. The Hall–Kier alpha value is -0.500. The molecule has 0 aliphatic carbocycles. The Morgan fingerprint density at radius 2 is 1.92 bits per heavy atom. The van der Waals surface area contributed by atoms with Crippen LogP contribution in [0.4, 0.5) is 5.69 Å². The van der Waals surface area contributed by atoms with Crippen LogP contribution in [-0.2, 0) is 6.42 Å². The minimum absolute atomic E-state index is 1.11. The highest BCUT2D eigenvalue weighted by atomic mass is 79.9. The Labute approximate surface area is 82.5 Å². The molecule has 1 N–H and O–H groups in total. The molecule has 12 heavy (non-hydrogen) atoms. The number of hydrogen-bond donors (Lipinski definition) is 1. The third kappa shape index (κ3) is 2.86. The van der Waals surface area contributed by atoms with E-state index in [-0.39, 0.29) is 0 Å². The van der Waals surface area contributed by atoms with Gasteiger partial charge in [0.25, 0.3) is 0 Å². The average Bonchev–Trinajstić information content (AvgIpc) is 2.15. The molecule has 0 spiro atoms. The number of aryl methyl sites for hydroxylation is 1. The third-order valence-corrected chi connectivity index (χ3v) is 2.34. The van der Waals surface area contributed by atoms with Gasteiger partial charge in [0.1, 0.15) is 0 Å². The lowest BCUT2D eigenvalue weighted by Crippen LogP contribution is -1.85. The van der Waals surface area contributed by atoms with Crippen molar-refractivity contribution in [1.82, 2.24) is 0 Å². The largest absolute Gasteiger partial charge is 0.322 e. The summed E-state index contributed by atoms with van der Waals surface area (Å²) in [5, 5.41) is 0. The van der Waals surface area contributed by atoms with E-state index in [0.29, 0.717) is 0 Å². The number of nitrogens with one attached hydrogen (secondary N) is 1. The summed E-state index contributed by atoms with van der Waals surface area (Å²) < 4.78 is 2.92. The van der Waals surface area contributed by atoms with Crippen LogP contribution in [0.15, 0.2) is 24.3 Å². The molecule has 1 aromatic carbocycles. The molecule has 0 fully saturated rings. The smallest absolute Gasteiger partial charge is 0.0465 e. The lowest BCUT2D eigenvalue weighted by molar-refractivity contribution is 0.795. The van der Waals surface area contributed by atoms with Crippen molar-refractivity contribution in [2.45, 2.75) is 26.2 Å². The lowest BCUT2D eigenvalue weighted by atomic mass is 10.1. The molecule has 0 aliphatic rings. The number of anilines is 1. The van der Waals surface area contributed by atoms with E-state index in [1.54, 1.807) is 0 Å². The molecule has 0 saturated heterocycles. The molecule has 0 aliphatic heterocycles. The summed E-state index contributed by atoms with van der Waals surface area (Å²) in [6.45, 7) is 2.22. The van der Waals surface area contributed by atoms with Crippen molar-refractivity contribution < 1.29 is 0 Å². The summed E-state index contributed by atoms with van der Waals surface area (Å²) in [6, 6.07) is 8.50. The third-order valence-electron chi connectivity index (χ3n) is 1.88. The van der Waals surface area contributed by atoms with E-state index in [1.807, 2.05) is 0 Å². The van der Waals surface area contributed by atoms with E-state index >= 15 is 0 Å². The van der Waals surface area contributed by atoms with Gasteiger partial charge in [-0.25, -0.2) is 0 Å². The second-order valence-corrected chi connectivity index (χ2v) is 3.29. The number of halogens is 1. The van der Waals surface area contributed by atoms with Crippen LogP contribution in [0.3, 0.4) is 0 Å².